The SMILES string of the molecule is CC(=O)[C@@H](CC(=O)[C@H](CO)NC(=O)[C@@H](CC(=O)[C@H](CC(C)C)NC(=O)[C@@H]1CCCN1C(=O)CCOCCOCCNC(=O)[C@@H](N)CS)Cc1cncn1CCCCCc1ccccc1)[C@@H](C)OP(=O)(O)O. The minimum atomic E-state index is -5.04. The number of carbonyl (C=O) groups is 7. The summed E-state index contributed by atoms with van der Waals surface area (Å²) in [5.74, 6) is -6.10. The molecular formula is C48H76N7O14PS. The van der Waals surface area contributed by atoms with E-state index in [2.05, 4.69) is 50.2 Å². The van der Waals surface area contributed by atoms with Crippen molar-refractivity contribution in [3.8, 4) is 0 Å². The molecule has 7 atom stereocenters. The molecule has 8 N–H and O–H groups in total. The van der Waals surface area contributed by atoms with E-state index < -0.39 is 98.5 Å². The lowest BCUT2D eigenvalue weighted by Crippen LogP contribution is -2.52. The molecule has 4 amide bonds. The standard InChI is InChI=1S/C48H76N7O14PS/c1-32(2)24-40(52-48(63)42-15-11-19-55(42)45(60)16-20-67-22-23-68-21-17-51-47(62)39(49)30-71)43(58)26-36(25-37-28-50-31-54(37)18-10-6-9-14-35-12-7-5-8-13-35)46(61)53-41(29-56)44(59)27-38(33(3)57)34(4)69-70(64,65)66/h5,7-8,12-13,28,31-32,34,36,38-42,56,71H,6,9-11,14-27,29-30,49H2,1-4H3,(H,51,62)(H,52,63)(H,53,61)(H2,64,65,66)/t34-,36-,38-,39+,40+,41+,42+/m1/s1. The number of phosphoric acid groups is 1. The van der Waals surface area contributed by atoms with Crippen LogP contribution in [-0.4, -0.2) is 152 Å². The maximum Gasteiger partial charge on any atom is 0.469 e. The number of rotatable bonds is 36. The van der Waals surface area contributed by atoms with Crippen LogP contribution in [-0.2, 0) is 71.5 Å². The average molecular weight is 1040 g/mol. The fourth-order valence-electron chi connectivity index (χ4n) is 8.29. The summed E-state index contributed by atoms with van der Waals surface area (Å²) >= 11 is 3.99. The molecule has 398 valence electrons. The number of Topliss-reactive ketones (excluding diaryl/α,β-unsaturated/α-hetero) is 3. The maximum absolute atomic E-state index is 14.4. The number of aliphatic hydroxyl groups is 1. The van der Waals surface area contributed by atoms with Gasteiger partial charge in [-0.1, -0.05) is 50.6 Å². The van der Waals surface area contributed by atoms with Crippen LogP contribution in [0.25, 0.3) is 0 Å². The van der Waals surface area contributed by atoms with E-state index in [1.54, 1.807) is 12.5 Å². The number of imidazole rings is 1. The molecule has 0 unspecified atom stereocenters. The molecule has 1 fully saturated rings. The van der Waals surface area contributed by atoms with E-state index in [0.29, 0.717) is 31.6 Å². The van der Waals surface area contributed by atoms with Crippen LogP contribution in [0.5, 0.6) is 0 Å². The van der Waals surface area contributed by atoms with Gasteiger partial charge in [0.25, 0.3) is 0 Å². The molecule has 3 rings (SSSR count). The second kappa shape index (κ2) is 31.9. The van der Waals surface area contributed by atoms with Gasteiger partial charge in [-0.05, 0) is 63.9 Å². The van der Waals surface area contributed by atoms with Gasteiger partial charge in [-0.15, -0.1) is 0 Å². The zero-order chi connectivity index (χ0) is 52.5. The topological polar surface area (TPSA) is 308 Å². The van der Waals surface area contributed by atoms with Crippen molar-refractivity contribution in [2.24, 2.45) is 23.5 Å². The number of nitrogens with zero attached hydrogens (tertiary/aromatic N) is 3. The molecule has 0 spiro atoms. The minimum Gasteiger partial charge on any atom is -0.394 e. The number of ketones is 3. The van der Waals surface area contributed by atoms with Crippen molar-refractivity contribution in [2.75, 3.05) is 51.9 Å². The van der Waals surface area contributed by atoms with Crippen molar-refractivity contribution in [2.45, 2.75) is 135 Å². The molecule has 0 radical (unpaired) electrons. The molecule has 1 saturated heterocycles. The number of aryl methyl sites for hydroxylation is 2. The van der Waals surface area contributed by atoms with E-state index >= 15 is 0 Å². The van der Waals surface area contributed by atoms with E-state index in [1.807, 2.05) is 36.6 Å². The lowest BCUT2D eigenvalue weighted by molar-refractivity contribution is -0.140. The minimum absolute atomic E-state index is 0.00379. The molecule has 1 aromatic carbocycles. The van der Waals surface area contributed by atoms with Crippen molar-refractivity contribution in [3.63, 3.8) is 0 Å². The summed E-state index contributed by atoms with van der Waals surface area (Å²) in [5, 5.41) is 18.4. The molecule has 2 heterocycles. The van der Waals surface area contributed by atoms with Crippen LogP contribution in [0.4, 0.5) is 0 Å². The first kappa shape index (κ1) is 60.9. The quantitative estimate of drug-likeness (QED) is 0.0275. The van der Waals surface area contributed by atoms with Crippen molar-refractivity contribution < 1.29 is 67.0 Å². The number of aromatic nitrogens is 2. The summed E-state index contributed by atoms with van der Waals surface area (Å²) in [6, 6.07) is 5.98. The first-order valence-corrected chi connectivity index (χ1v) is 26.5. The first-order chi connectivity index (χ1) is 33.7. The number of thiol groups is 1. The molecule has 1 aliphatic rings. The highest BCUT2D eigenvalue weighted by Gasteiger charge is 2.38. The van der Waals surface area contributed by atoms with Crippen LogP contribution in [0.2, 0.25) is 0 Å². The number of nitrogens with one attached hydrogen (secondary N) is 3. The van der Waals surface area contributed by atoms with Gasteiger partial charge in [-0.2, -0.15) is 12.6 Å². The molecule has 21 nitrogen and oxygen atoms in total. The first-order valence-electron chi connectivity index (χ1n) is 24.4. The number of unbranched alkanes of at least 4 members (excludes halogenated alkanes) is 2. The summed E-state index contributed by atoms with van der Waals surface area (Å²) in [7, 11) is -5.04. The Bertz CT molecular complexity index is 2060. The highest BCUT2D eigenvalue weighted by molar-refractivity contribution is 7.80. The maximum atomic E-state index is 14.4. The molecule has 1 aliphatic heterocycles. The van der Waals surface area contributed by atoms with Crippen LogP contribution in [0.3, 0.4) is 0 Å². The Morgan fingerprint density at radius 2 is 1.61 bits per heavy atom. The van der Waals surface area contributed by atoms with Crippen molar-refractivity contribution >= 4 is 61.4 Å². The fourth-order valence-corrected chi connectivity index (χ4v) is 9.03. The molecule has 71 heavy (non-hydrogen) atoms. The number of ether oxygens (including phenoxy) is 2. The predicted molar refractivity (Wildman–Crippen MR) is 266 cm³/mol. The molecule has 0 bridgehead atoms. The molecule has 0 saturated carbocycles. The van der Waals surface area contributed by atoms with E-state index in [0.717, 1.165) is 32.6 Å². The summed E-state index contributed by atoms with van der Waals surface area (Å²) in [6.07, 6.45) is 5.57. The number of hydrogen-bond donors (Lipinski definition) is 8. The number of phosphoric ester groups is 1. The summed E-state index contributed by atoms with van der Waals surface area (Å²) in [5.41, 5.74) is 7.49. The molecule has 1 aromatic heterocycles. The summed E-state index contributed by atoms with van der Waals surface area (Å²) < 4.78 is 29.1. The van der Waals surface area contributed by atoms with Crippen LogP contribution in [0.15, 0.2) is 42.9 Å². The number of carbonyl (C=O) groups excluding carboxylic acids is 7. The number of nitrogens with two attached hydrogens (primary N) is 1. The largest absolute Gasteiger partial charge is 0.469 e. The zero-order valence-corrected chi connectivity index (χ0v) is 43.2. The Morgan fingerprint density at radius 3 is 2.25 bits per heavy atom. The zero-order valence-electron chi connectivity index (χ0n) is 41.4. The summed E-state index contributed by atoms with van der Waals surface area (Å²) in [4.78, 5) is 118. The van der Waals surface area contributed by atoms with Crippen LogP contribution < -0.4 is 21.7 Å². The second-order valence-electron chi connectivity index (χ2n) is 18.4. The lowest BCUT2D eigenvalue weighted by Gasteiger charge is -2.28. The lowest BCUT2D eigenvalue weighted by atomic mass is 9.89. The Morgan fingerprint density at radius 1 is 0.915 bits per heavy atom. The summed E-state index contributed by atoms with van der Waals surface area (Å²) in [6.45, 7) is 7.14. The van der Waals surface area contributed by atoms with Crippen molar-refractivity contribution in [3.05, 3.63) is 54.1 Å². The molecule has 23 heteroatoms. The third kappa shape index (κ3) is 22.5. The highest BCUT2D eigenvalue weighted by atomic mass is 32.1. The number of aliphatic hydroxyl groups excluding tert-OH is 1. The number of likely N-dealkylation sites (tertiary alicyclic amines) is 1. The Labute approximate surface area is 422 Å². The van der Waals surface area contributed by atoms with Crippen LogP contribution >= 0.6 is 20.5 Å². The van der Waals surface area contributed by atoms with E-state index in [1.165, 1.54) is 17.4 Å². The van der Waals surface area contributed by atoms with Gasteiger partial charge in [-0.25, -0.2) is 9.55 Å². The van der Waals surface area contributed by atoms with Crippen LogP contribution in [0.1, 0.15) is 96.7 Å². The Hall–Kier alpha value is -4.38. The van der Waals surface area contributed by atoms with E-state index in [4.69, 9.17) is 15.2 Å². The van der Waals surface area contributed by atoms with Gasteiger partial charge in [0.2, 0.25) is 23.6 Å². The number of amides is 4. The van der Waals surface area contributed by atoms with Crippen molar-refractivity contribution in [1.82, 2.24) is 30.4 Å². The number of benzene rings is 1. The number of hydrogen-bond acceptors (Lipinski definition) is 15. The predicted octanol–water partition coefficient (Wildman–Crippen LogP) is 1.87. The fraction of sp³-hybridized carbons (Fsp3) is 0.667. The van der Waals surface area contributed by atoms with Gasteiger partial charge in [0.1, 0.15) is 17.9 Å². The van der Waals surface area contributed by atoms with Gasteiger partial charge < -0.3 is 55.5 Å². The average Bonchev–Trinajstić information content (AvgIpc) is 4.00. The molecule has 2 aromatic rings. The molecule has 0 aliphatic carbocycles. The monoisotopic (exact) mass is 1040 g/mol. The smallest absolute Gasteiger partial charge is 0.394 e. The van der Waals surface area contributed by atoms with Gasteiger partial charge in [0.05, 0.1) is 75.8 Å². The van der Waals surface area contributed by atoms with Gasteiger partial charge in [-0.3, -0.25) is 38.1 Å². The second-order valence-corrected chi connectivity index (χ2v) is 19.9. The van der Waals surface area contributed by atoms with Gasteiger partial charge in [0.15, 0.2) is 11.6 Å². The Balaban J connectivity index is 1.72. The van der Waals surface area contributed by atoms with Crippen molar-refractivity contribution in [1.29, 1.82) is 0 Å². The van der Waals surface area contributed by atoms with Gasteiger partial charge in [0, 0.05) is 56.5 Å². The highest BCUT2D eigenvalue weighted by Crippen LogP contribution is 2.39. The van der Waals surface area contributed by atoms with Crippen LogP contribution in [0, 0.1) is 17.8 Å². The van der Waals surface area contributed by atoms with E-state index in [9.17, 15) is 53.0 Å². The third-order valence-corrected chi connectivity index (χ3v) is 13.2. The normalized spacial score (nSPS) is 16.4. The van der Waals surface area contributed by atoms with Gasteiger partial charge >= 0.3 is 7.82 Å². The Kier molecular flexibility index (Phi) is 27.4. The van der Waals surface area contributed by atoms with E-state index in [-0.39, 0.29) is 75.7 Å². The third-order valence-electron chi connectivity index (χ3n) is 12.2. The molecular weight excluding hydrogens is 962 g/mol.